The van der Waals surface area contributed by atoms with Crippen LogP contribution in [0.25, 0.3) is 11.3 Å². The van der Waals surface area contributed by atoms with Crippen molar-refractivity contribution in [2.24, 2.45) is 11.1 Å². The second-order valence-corrected chi connectivity index (χ2v) is 11.2. The van der Waals surface area contributed by atoms with Crippen LogP contribution in [-0.2, 0) is 17.6 Å². The molecule has 39 heavy (non-hydrogen) atoms. The molecule has 0 bridgehead atoms. The monoisotopic (exact) mass is 532 g/mol. The summed E-state index contributed by atoms with van der Waals surface area (Å²) in [5.74, 6) is -0.494. The molecule has 4 atom stereocenters. The van der Waals surface area contributed by atoms with Gasteiger partial charge < -0.3 is 26.6 Å². The third-order valence-corrected chi connectivity index (χ3v) is 6.69. The van der Waals surface area contributed by atoms with E-state index in [1.54, 1.807) is 20.8 Å². The van der Waals surface area contributed by atoms with E-state index >= 15 is 0 Å². The second-order valence-electron chi connectivity index (χ2n) is 11.2. The molecule has 8 heteroatoms. The summed E-state index contributed by atoms with van der Waals surface area (Å²) in [5.41, 5.74) is 10.6. The summed E-state index contributed by atoms with van der Waals surface area (Å²) in [6.45, 7) is 7.34. The maximum atomic E-state index is 13.3. The van der Waals surface area contributed by atoms with E-state index in [9.17, 15) is 19.8 Å². The maximum absolute atomic E-state index is 13.3. The normalized spacial score (nSPS) is 14.6. The van der Waals surface area contributed by atoms with Crippen molar-refractivity contribution in [1.29, 1.82) is 0 Å². The maximum Gasteiger partial charge on any atom is 0.405 e. The van der Waals surface area contributed by atoms with Crippen molar-refractivity contribution >= 4 is 12.0 Å². The Balaban J connectivity index is 1.79. The Morgan fingerprint density at radius 2 is 1.56 bits per heavy atom. The molecule has 0 aliphatic rings. The quantitative estimate of drug-likeness (QED) is 0.252. The molecule has 0 saturated carbocycles. The molecule has 3 aromatic rings. The predicted octanol–water partition coefficient (Wildman–Crippen LogP) is 4.09. The van der Waals surface area contributed by atoms with Crippen LogP contribution in [0, 0.1) is 12.3 Å². The van der Waals surface area contributed by atoms with E-state index in [4.69, 9.17) is 5.73 Å². The number of carbonyl (C=O) groups is 2. The van der Waals surface area contributed by atoms with Crippen LogP contribution in [0.4, 0.5) is 4.79 Å². The predicted molar refractivity (Wildman–Crippen MR) is 153 cm³/mol. The molecule has 0 spiro atoms. The minimum absolute atomic E-state index is 0.262. The average Bonchev–Trinajstić information content (AvgIpc) is 2.87. The van der Waals surface area contributed by atoms with Crippen LogP contribution in [0.1, 0.15) is 43.9 Å². The van der Waals surface area contributed by atoms with Crippen molar-refractivity contribution in [2.75, 3.05) is 0 Å². The number of nitrogens with two attached hydrogens (primary N) is 1. The van der Waals surface area contributed by atoms with E-state index in [-0.39, 0.29) is 12.5 Å². The fourth-order valence-electron chi connectivity index (χ4n) is 4.53. The highest BCUT2D eigenvalue weighted by atomic mass is 16.4. The minimum atomic E-state index is -1.28. The summed E-state index contributed by atoms with van der Waals surface area (Å²) in [5, 5.41) is 25.8. The van der Waals surface area contributed by atoms with Crippen molar-refractivity contribution in [1.82, 2.24) is 15.6 Å². The molecule has 208 valence electrons. The van der Waals surface area contributed by atoms with Gasteiger partial charge in [0, 0.05) is 17.8 Å². The summed E-state index contributed by atoms with van der Waals surface area (Å²) in [6, 6.07) is 19.6. The summed E-state index contributed by atoms with van der Waals surface area (Å²) >= 11 is 0. The average molecular weight is 533 g/mol. The lowest BCUT2D eigenvalue weighted by Crippen LogP contribution is -2.57. The van der Waals surface area contributed by atoms with E-state index in [2.05, 4.69) is 15.6 Å². The lowest BCUT2D eigenvalue weighted by atomic mass is 9.85. The minimum Gasteiger partial charge on any atom is -0.465 e. The van der Waals surface area contributed by atoms with Gasteiger partial charge in [-0.15, -0.1) is 0 Å². The number of benzene rings is 2. The topological polar surface area (TPSA) is 138 Å². The number of hydrogen-bond donors (Lipinski definition) is 5. The molecule has 3 rings (SSSR count). The van der Waals surface area contributed by atoms with Crippen LogP contribution in [0.15, 0.2) is 72.9 Å². The third kappa shape index (κ3) is 9.19. The zero-order valence-corrected chi connectivity index (χ0v) is 23.1. The molecule has 1 aromatic heterocycles. The standard InChI is InChI=1S/C31H40N4O4/c1-20-10-15-25(33-19-20)23-13-11-22(12-14-23)17-26(34-29(37)28(31(2,3)4)35-30(38)39)27(36)18-24(32)16-21-8-6-5-7-9-21/h5-15,19,24,26-28,35-36H,16-18,32H2,1-4H3,(H,34,37)(H,38,39)/t24-,26-,27-,28+/m0/s1. The Labute approximate surface area is 230 Å². The Bertz CT molecular complexity index is 1210. The van der Waals surface area contributed by atoms with Gasteiger partial charge in [0.1, 0.15) is 6.04 Å². The van der Waals surface area contributed by atoms with Gasteiger partial charge in [0.05, 0.1) is 17.8 Å². The van der Waals surface area contributed by atoms with E-state index in [1.807, 2.05) is 79.9 Å². The molecular formula is C31H40N4O4. The van der Waals surface area contributed by atoms with Gasteiger partial charge in [0.25, 0.3) is 0 Å². The Morgan fingerprint density at radius 3 is 2.13 bits per heavy atom. The van der Waals surface area contributed by atoms with E-state index < -0.39 is 35.6 Å². The summed E-state index contributed by atoms with van der Waals surface area (Å²) in [7, 11) is 0. The van der Waals surface area contributed by atoms with E-state index in [0.717, 1.165) is 27.9 Å². The molecule has 0 radical (unpaired) electrons. The smallest absolute Gasteiger partial charge is 0.405 e. The number of aliphatic hydroxyl groups is 1. The number of aromatic nitrogens is 1. The molecular weight excluding hydrogens is 492 g/mol. The number of rotatable bonds is 11. The number of aliphatic hydroxyl groups excluding tert-OH is 1. The number of amides is 2. The molecule has 2 amide bonds. The highest BCUT2D eigenvalue weighted by molar-refractivity contribution is 5.86. The highest BCUT2D eigenvalue weighted by Gasteiger charge is 2.35. The summed E-state index contributed by atoms with van der Waals surface area (Å²) in [4.78, 5) is 29.2. The van der Waals surface area contributed by atoms with Gasteiger partial charge in [-0.25, -0.2) is 4.79 Å². The van der Waals surface area contributed by atoms with Crippen molar-refractivity contribution in [2.45, 2.75) is 71.2 Å². The first-order valence-corrected chi connectivity index (χ1v) is 13.2. The molecule has 0 aliphatic heterocycles. The van der Waals surface area contributed by atoms with Crippen molar-refractivity contribution in [3.63, 3.8) is 0 Å². The van der Waals surface area contributed by atoms with Crippen molar-refractivity contribution < 1.29 is 19.8 Å². The molecule has 8 nitrogen and oxygen atoms in total. The first-order valence-electron chi connectivity index (χ1n) is 13.2. The van der Waals surface area contributed by atoms with Crippen LogP contribution in [0.3, 0.4) is 0 Å². The molecule has 0 aliphatic carbocycles. The van der Waals surface area contributed by atoms with Crippen LogP contribution in [-0.4, -0.2) is 51.4 Å². The van der Waals surface area contributed by atoms with Gasteiger partial charge in [-0.2, -0.15) is 0 Å². The van der Waals surface area contributed by atoms with Crippen LogP contribution >= 0.6 is 0 Å². The van der Waals surface area contributed by atoms with Crippen molar-refractivity contribution in [3.05, 3.63) is 89.6 Å². The lowest BCUT2D eigenvalue weighted by Gasteiger charge is -2.33. The van der Waals surface area contributed by atoms with Gasteiger partial charge in [0.2, 0.25) is 5.91 Å². The zero-order chi connectivity index (χ0) is 28.6. The second kappa shape index (κ2) is 13.4. The third-order valence-electron chi connectivity index (χ3n) is 6.69. The first kappa shape index (κ1) is 29.8. The molecule has 0 saturated heterocycles. The largest absolute Gasteiger partial charge is 0.465 e. The molecule has 2 aromatic carbocycles. The molecule has 0 unspecified atom stereocenters. The van der Waals surface area contributed by atoms with Gasteiger partial charge in [0.15, 0.2) is 0 Å². The van der Waals surface area contributed by atoms with Crippen LogP contribution in [0.2, 0.25) is 0 Å². The molecule has 6 N–H and O–H groups in total. The molecule has 0 fully saturated rings. The fraction of sp³-hybridized carbons (Fsp3) is 0.387. The summed E-state index contributed by atoms with van der Waals surface area (Å²) < 4.78 is 0. The van der Waals surface area contributed by atoms with Gasteiger partial charge in [-0.05, 0) is 54.4 Å². The fourth-order valence-corrected chi connectivity index (χ4v) is 4.53. The van der Waals surface area contributed by atoms with Gasteiger partial charge in [-0.1, -0.05) is 81.4 Å². The summed E-state index contributed by atoms with van der Waals surface area (Å²) in [6.07, 6.45) is 0.778. The lowest BCUT2D eigenvalue weighted by molar-refractivity contribution is -0.127. The first-order chi connectivity index (χ1) is 18.4. The van der Waals surface area contributed by atoms with E-state index in [0.29, 0.717) is 12.8 Å². The Morgan fingerprint density at radius 1 is 0.923 bits per heavy atom. The van der Waals surface area contributed by atoms with Crippen molar-refractivity contribution in [3.8, 4) is 11.3 Å². The SMILES string of the molecule is Cc1ccc(-c2ccc(C[C@H](NC(=O)[C@@H](NC(=O)O)C(C)(C)C)[C@@H](O)C[C@@H](N)Cc3ccccc3)cc2)nc1. The number of hydrogen-bond acceptors (Lipinski definition) is 5. The number of carbonyl (C=O) groups excluding carboxylic acids is 1. The van der Waals surface area contributed by atoms with E-state index in [1.165, 1.54) is 0 Å². The van der Waals surface area contributed by atoms with Gasteiger partial charge in [-0.3, -0.25) is 9.78 Å². The number of pyridine rings is 1. The zero-order valence-electron chi connectivity index (χ0n) is 23.1. The van der Waals surface area contributed by atoms with Crippen LogP contribution in [0.5, 0.6) is 0 Å². The van der Waals surface area contributed by atoms with Crippen LogP contribution < -0.4 is 16.4 Å². The number of nitrogens with one attached hydrogen (secondary N) is 2. The number of nitrogens with zero attached hydrogens (tertiary/aromatic N) is 1. The highest BCUT2D eigenvalue weighted by Crippen LogP contribution is 2.22. The number of aryl methyl sites for hydroxylation is 1. The Hall–Kier alpha value is -3.75. The Kier molecular flexibility index (Phi) is 10.2. The molecule has 1 heterocycles. The van der Waals surface area contributed by atoms with Gasteiger partial charge >= 0.3 is 6.09 Å². The number of carboxylic acid groups (broad SMARTS) is 1.